The van der Waals surface area contributed by atoms with Crippen LogP contribution in [0.5, 0.6) is 0 Å². The first-order chi connectivity index (χ1) is 4.85. The average Bonchev–Trinajstić information content (AvgIpc) is 1.98. The summed E-state index contributed by atoms with van der Waals surface area (Å²) >= 11 is 0. The number of hydrogen-bond donors (Lipinski definition) is 0. The smallest absolute Gasteiger partial charge is 0.0306 e. The Balaban J connectivity index is 3.94. The van der Waals surface area contributed by atoms with Crippen molar-refractivity contribution in [2.45, 2.75) is 26.7 Å². The highest BCUT2D eigenvalue weighted by atomic mass is 13.9. The van der Waals surface area contributed by atoms with Crippen LogP contribution in [-0.4, -0.2) is 0 Å². The van der Waals surface area contributed by atoms with Crippen LogP contribution in [0.2, 0.25) is 0 Å². The number of rotatable bonds is 4. The van der Waals surface area contributed by atoms with Crippen molar-refractivity contribution in [1.29, 1.82) is 0 Å². The third-order valence-electron chi connectivity index (χ3n) is 1.22. The fourth-order valence-electron chi connectivity index (χ4n) is 0.709. The second-order valence-electron chi connectivity index (χ2n) is 2.13. The predicted molar refractivity (Wildman–Crippen MR) is 48.0 cm³/mol. The summed E-state index contributed by atoms with van der Waals surface area (Å²) in [6.45, 7) is 7.97. The van der Waals surface area contributed by atoms with Gasteiger partial charge in [-0.15, -0.1) is 0 Å². The third kappa shape index (κ3) is 4.13. The Morgan fingerprint density at radius 2 is 2.00 bits per heavy atom. The Kier molecular flexibility index (Phi) is 5.85. The molecule has 0 rings (SSSR count). The van der Waals surface area contributed by atoms with E-state index in [2.05, 4.69) is 38.7 Å². The van der Waals surface area contributed by atoms with E-state index >= 15 is 0 Å². The van der Waals surface area contributed by atoms with Gasteiger partial charge in [0.25, 0.3) is 0 Å². The molecule has 0 atom stereocenters. The molecule has 0 N–H and O–H groups in total. The van der Waals surface area contributed by atoms with Crippen molar-refractivity contribution in [2.24, 2.45) is 0 Å². The van der Waals surface area contributed by atoms with Gasteiger partial charge in [0.05, 0.1) is 0 Å². The molecular weight excluding hydrogens is 120 g/mol. The summed E-state index contributed by atoms with van der Waals surface area (Å²) in [5.41, 5.74) is 1.23. The maximum Gasteiger partial charge on any atom is -0.0306 e. The van der Waals surface area contributed by atoms with Crippen molar-refractivity contribution in [3.05, 3.63) is 36.5 Å². The molecule has 0 radical (unpaired) electrons. The van der Waals surface area contributed by atoms with Gasteiger partial charge in [0.1, 0.15) is 0 Å². The Bertz CT molecular complexity index is 138. The Morgan fingerprint density at radius 1 is 1.30 bits per heavy atom. The van der Waals surface area contributed by atoms with Crippen molar-refractivity contribution in [1.82, 2.24) is 0 Å². The lowest BCUT2D eigenvalue weighted by atomic mass is 10.2. The molecule has 0 bridgehead atoms. The lowest BCUT2D eigenvalue weighted by molar-refractivity contribution is 1.20. The van der Waals surface area contributed by atoms with Gasteiger partial charge in [0.15, 0.2) is 0 Å². The van der Waals surface area contributed by atoms with E-state index < -0.39 is 0 Å². The van der Waals surface area contributed by atoms with Gasteiger partial charge in [-0.05, 0) is 18.4 Å². The van der Waals surface area contributed by atoms with E-state index in [4.69, 9.17) is 0 Å². The molecule has 0 nitrogen and oxygen atoms in total. The van der Waals surface area contributed by atoms with Crippen LogP contribution < -0.4 is 0 Å². The molecule has 0 fully saturated rings. The van der Waals surface area contributed by atoms with Crippen LogP contribution in [0, 0.1) is 0 Å². The zero-order valence-electron chi connectivity index (χ0n) is 6.93. The fraction of sp³-hybridized carbons (Fsp3) is 0.400. The molecule has 0 spiro atoms. The number of hydrogen-bond acceptors (Lipinski definition) is 0. The minimum absolute atomic E-state index is 1.08. The van der Waals surface area contributed by atoms with E-state index in [9.17, 15) is 0 Å². The SMILES string of the molecule is C=CC(C=CCC)=CCC. The van der Waals surface area contributed by atoms with E-state index in [1.807, 2.05) is 6.08 Å². The molecule has 0 saturated carbocycles. The predicted octanol–water partition coefficient (Wildman–Crippen LogP) is 3.48. The van der Waals surface area contributed by atoms with Gasteiger partial charge < -0.3 is 0 Å². The Morgan fingerprint density at radius 3 is 2.40 bits per heavy atom. The van der Waals surface area contributed by atoms with Crippen molar-refractivity contribution in [3.8, 4) is 0 Å². The van der Waals surface area contributed by atoms with Crippen LogP contribution in [0.3, 0.4) is 0 Å². The third-order valence-corrected chi connectivity index (χ3v) is 1.22. The molecule has 0 aliphatic heterocycles. The molecule has 56 valence electrons. The monoisotopic (exact) mass is 136 g/mol. The summed E-state index contributed by atoms with van der Waals surface area (Å²) in [5, 5.41) is 0. The van der Waals surface area contributed by atoms with Crippen LogP contribution in [-0.2, 0) is 0 Å². The maximum absolute atomic E-state index is 3.71. The molecule has 0 saturated heterocycles. The Labute approximate surface area is 64.0 Å². The highest BCUT2D eigenvalue weighted by Crippen LogP contribution is 2.00. The second kappa shape index (κ2) is 6.34. The van der Waals surface area contributed by atoms with Crippen LogP contribution in [0.25, 0.3) is 0 Å². The van der Waals surface area contributed by atoms with Gasteiger partial charge in [0, 0.05) is 0 Å². The van der Waals surface area contributed by atoms with E-state index in [0.29, 0.717) is 0 Å². The zero-order chi connectivity index (χ0) is 7.82. The van der Waals surface area contributed by atoms with E-state index in [-0.39, 0.29) is 0 Å². The van der Waals surface area contributed by atoms with Crippen molar-refractivity contribution >= 4 is 0 Å². The fourth-order valence-corrected chi connectivity index (χ4v) is 0.709. The average molecular weight is 136 g/mol. The highest BCUT2D eigenvalue weighted by Gasteiger charge is 1.79. The lowest BCUT2D eigenvalue weighted by Crippen LogP contribution is -1.68. The molecule has 0 aromatic heterocycles. The van der Waals surface area contributed by atoms with Crippen molar-refractivity contribution in [3.63, 3.8) is 0 Å². The summed E-state index contributed by atoms with van der Waals surface area (Å²) in [6, 6.07) is 0. The van der Waals surface area contributed by atoms with Crippen molar-refractivity contribution in [2.75, 3.05) is 0 Å². The Hall–Kier alpha value is -0.780. The molecule has 10 heavy (non-hydrogen) atoms. The molecule has 0 heteroatoms. The van der Waals surface area contributed by atoms with Gasteiger partial charge in [0.2, 0.25) is 0 Å². The molecule has 0 heterocycles. The summed E-state index contributed by atoms with van der Waals surface area (Å²) < 4.78 is 0. The van der Waals surface area contributed by atoms with E-state index in [1.165, 1.54) is 5.57 Å². The topological polar surface area (TPSA) is 0 Å². The minimum atomic E-state index is 1.08. The molecule has 0 amide bonds. The lowest BCUT2D eigenvalue weighted by Gasteiger charge is -1.89. The normalized spacial score (nSPS) is 12.4. The summed E-state index contributed by atoms with van der Waals surface area (Å²) in [7, 11) is 0. The van der Waals surface area contributed by atoms with Gasteiger partial charge in [-0.1, -0.05) is 44.7 Å². The standard InChI is InChI=1S/C10H16/c1-4-7-9-10(6-3)8-5-2/h6-9H,3-5H2,1-2H3. The summed E-state index contributed by atoms with van der Waals surface area (Å²) in [5.74, 6) is 0. The van der Waals surface area contributed by atoms with E-state index in [1.54, 1.807) is 0 Å². The quantitative estimate of drug-likeness (QED) is 0.519. The molecular formula is C10H16. The second-order valence-corrected chi connectivity index (χ2v) is 2.13. The van der Waals surface area contributed by atoms with Crippen LogP contribution in [0.15, 0.2) is 36.5 Å². The maximum atomic E-state index is 3.71. The van der Waals surface area contributed by atoms with Crippen LogP contribution >= 0.6 is 0 Å². The molecule has 0 aromatic carbocycles. The van der Waals surface area contributed by atoms with Crippen LogP contribution in [0.1, 0.15) is 26.7 Å². The zero-order valence-corrected chi connectivity index (χ0v) is 6.93. The largest absolute Gasteiger partial charge is 0.0985 e. The van der Waals surface area contributed by atoms with Crippen molar-refractivity contribution < 1.29 is 0 Å². The first-order valence-electron chi connectivity index (χ1n) is 3.84. The summed E-state index contributed by atoms with van der Waals surface area (Å²) in [4.78, 5) is 0. The van der Waals surface area contributed by atoms with E-state index in [0.717, 1.165) is 12.8 Å². The first-order valence-corrected chi connectivity index (χ1v) is 3.84. The minimum Gasteiger partial charge on any atom is -0.0985 e. The summed E-state index contributed by atoms with van der Waals surface area (Å²) in [6.07, 6.45) is 10.5. The molecule has 0 aromatic rings. The molecule has 0 aliphatic carbocycles. The van der Waals surface area contributed by atoms with Gasteiger partial charge >= 0.3 is 0 Å². The molecule has 0 unspecified atom stereocenters. The molecule has 0 aliphatic rings. The highest BCUT2D eigenvalue weighted by molar-refractivity contribution is 5.28. The van der Waals surface area contributed by atoms with Crippen LogP contribution in [0.4, 0.5) is 0 Å². The van der Waals surface area contributed by atoms with Gasteiger partial charge in [-0.3, -0.25) is 0 Å². The van der Waals surface area contributed by atoms with Gasteiger partial charge in [-0.2, -0.15) is 0 Å². The van der Waals surface area contributed by atoms with Gasteiger partial charge in [-0.25, -0.2) is 0 Å². The first kappa shape index (κ1) is 9.22. The number of allylic oxidation sites excluding steroid dienone is 5.